The quantitative estimate of drug-likeness (QED) is 0.743. The highest BCUT2D eigenvalue weighted by Gasteiger charge is 2.22. The van der Waals surface area contributed by atoms with E-state index in [-0.39, 0.29) is 17.3 Å². The van der Waals surface area contributed by atoms with E-state index in [1.165, 1.54) is 0 Å². The number of hydrogen-bond donors (Lipinski definition) is 2. The smallest absolute Gasteiger partial charge is 0.244 e. The molecule has 2 N–H and O–H groups in total. The van der Waals surface area contributed by atoms with Crippen LogP contribution >= 0.6 is 12.4 Å². The molecule has 0 unspecified atom stereocenters. The van der Waals surface area contributed by atoms with Gasteiger partial charge in [0.1, 0.15) is 4.90 Å². The van der Waals surface area contributed by atoms with Crippen molar-refractivity contribution in [1.29, 1.82) is 0 Å². The fourth-order valence-electron chi connectivity index (χ4n) is 1.67. The lowest BCUT2D eigenvalue weighted by Crippen LogP contribution is -2.32. The molecule has 0 fully saturated rings. The van der Waals surface area contributed by atoms with Gasteiger partial charge in [-0.15, -0.1) is 12.4 Å². The van der Waals surface area contributed by atoms with Gasteiger partial charge in [0.05, 0.1) is 11.4 Å². The molecule has 0 aliphatic rings. The molecule has 1 aromatic heterocycles. The molecule has 0 amide bonds. The minimum atomic E-state index is -3.45. The zero-order valence-electron chi connectivity index (χ0n) is 11.1. The van der Waals surface area contributed by atoms with Crippen LogP contribution in [0.5, 0.6) is 0 Å². The average molecular weight is 297 g/mol. The standard InChI is InChI=1S/C10H20N4O2S.ClH/c1-5-11-6-7-12-17(15,16)10-8(2)13-14(4)9(10)3;/h11-12H,5-7H2,1-4H3;1H. The summed E-state index contributed by atoms with van der Waals surface area (Å²) >= 11 is 0. The second-order valence-corrected chi connectivity index (χ2v) is 5.58. The molecule has 1 aromatic rings. The van der Waals surface area contributed by atoms with Crippen molar-refractivity contribution in [1.82, 2.24) is 19.8 Å². The van der Waals surface area contributed by atoms with E-state index in [1.54, 1.807) is 25.6 Å². The van der Waals surface area contributed by atoms with Crippen molar-refractivity contribution >= 4 is 22.4 Å². The van der Waals surface area contributed by atoms with Crippen LogP contribution in [0.4, 0.5) is 0 Å². The Kier molecular flexibility index (Phi) is 6.83. The van der Waals surface area contributed by atoms with Gasteiger partial charge in [0.2, 0.25) is 10.0 Å². The topological polar surface area (TPSA) is 76.0 Å². The lowest BCUT2D eigenvalue weighted by molar-refractivity contribution is 0.576. The first-order chi connectivity index (χ1) is 7.90. The fraction of sp³-hybridized carbons (Fsp3) is 0.700. The highest BCUT2D eigenvalue weighted by molar-refractivity contribution is 7.89. The number of nitrogens with one attached hydrogen (secondary N) is 2. The maximum absolute atomic E-state index is 12.1. The molecule has 8 heteroatoms. The molecule has 0 bridgehead atoms. The van der Waals surface area contributed by atoms with Crippen LogP contribution in [0.3, 0.4) is 0 Å². The number of halogens is 1. The first-order valence-electron chi connectivity index (χ1n) is 5.60. The Labute approximate surface area is 115 Å². The normalized spacial score (nSPS) is 11.3. The largest absolute Gasteiger partial charge is 0.316 e. The summed E-state index contributed by atoms with van der Waals surface area (Å²) in [6.07, 6.45) is 0. The van der Waals surface area contributed by atoms with Gasteiger partial charge in [-0.3, -0.25) is 4.68 Å². The SMILES string of the molecule is CCNCCNS(=O)(=O)c1c(C)nn(C)c1C.Cl. The molecule has 0 aliphatic heterocycles. The molecule has 0 radical (unpaired) electrons. The molecule has 0 aliphatic carbocycles. The van der Waals surface area contributed by atoms with Gasteiger partial charge in [-0.2, -0.15) is 5.10 Å². The van der Waals surface area contributed by atoms with Gasteiger partial charge in [-0.1, -0.05) is 6.92 Å². The van der Waals surface area contributed by atoms with Gasteiger partial charge in [-0.25, -0.2) is 13.1 Å². The van der Waals surface area contributed by atoms with Crippen LogP contribution in [-0.4, -0.2) is 37.8 Å². The molecule has 106 valence electrons. The van der Waals surface area contributed by atoms with E-state index in [2.05, 4.69) is 15.1 Å². The summed E-state index contributed by atoms with van der Waals surface area (Å²) < 4.78 is 28.3. The van der Waals surface area contributed by atoms with Crippen LogP contribution in [0.15, 0.2) is 4.90 Å². The van der Waals surface area contributed by atoms with Crippen LogP contribution in [0.2, 0.25) is 0 Å². The zero-order chi connectivity index (χ0) is 13.1. The number of hydrogen-bond acceptors (Lipinski definition) is 4. The summed E-state index contributed by atoms with van der Waals surface area (Å²) in [6, 6.07) is 0. The molecule has 1 heterocycles. The Bertz CT molecular complexity index is 484. The van der Waals surface area contributed by atoms with E-state index >= 15 is 0 Å². The van der Waals surface area contributed by atoms with Crippen LogP contribution in [0.25, 0.3) is 0 Å². The maximum atomic E-state index is 12.1. The summed E-state index contributed by atoms with van der Waals surface area (Å²) in [5.41, 5.74) is 1.18. The minimum absolute atomic E-state index is 0. The second kappa shape index (κ2) is 7.08. The average Bonchev–Trinajstić information content (AvgIpc) is 2.48. The summed E-state index contributed by atoms with van der Waals surface area (Å²) in [5.74, 6) is 0. The van der Waals surface area contributed by atoms with E-state index in [0.29, 0.717) is 24.5 Å². The molecule has 6 nitrogen and oxygen atoms in total. The number of nitrogens with zero attached hydrogens (tertiary/aromatic N) is 2. The lowest BCUT2D eigenvalue weighted by Gasteiger charge is -2.07. The summed E-state index contributed by atoms with van der Waals surface area (Å²) in [7, 11) is -1.72. The first kappa shape index (κ1) is 17.4. The van der Waals surface area contributed by atoms with Crippen molar-refractivity contribution < 1.29 is 8.42 Å². The van der Waals surface area contributed by atoms with Crippen molar-refractivity contribution in [2.45, 2.75) is 25.7 Å². The maximum Gasteiger partial charge on any atom is 0.244 e. The van der Waals surface area contributed by atoms with Gasteiger partial charge < -0.3 is 5.32 Å². The highest BCUT2D eigenvalue weighted by Crippen LogP contribution is 2.17. The molecular weight excluding hydrogens is 276 g/mol. The summed E-state index contributed by atoms with van der Waals surface area (Å²) in [5, 5.41) is 7.16. The Morgan fingerprint density at radius 3 is 2.33 bits per heavy atom. The van der Waals surface area contributed by atoms with Gasteiger partial charge in [0.15, 0.2) is 0 Å². The molecule has 0 aromatic carbocycles. The van der Waals surface area contributed by atoms with E-state index in [9.17, 15) is 8.42 Å². The van der Waals surface area contributed by atoms with Crippen LogP contribution < -0.4 is 10.0 Å². The van der Waals surface area contributed by atoms with Crippen molar-refractivity contribution in [3.05, 3.63) is 11.4 Å². The predicted octanol–water partition coefficient (Wildman–Crippen LogP) is 0.347. The van der Waals surface area contributed by atoms with Crippen molar-refractivity contribution in [3.63, 3.8) is 0 Å². The molecule has 0 saturated heterocycles. The van der Waals surface area contributed by atoms with Gasteiger partial charge >= 0.3 is 0 Å². The molecular formula is C10H21ClN4O2S. The van der Waals surface area contributed by atoms with Crippen molar-refractivity contribution in [2.75, 3.05) is 19.6 Å². The second-order valence-electron chi connectivity index (χ2n) is 3.87. The Hall–Kier alpha value is -0.630. The third kappa shape index (κ3) is 3.94. The predicted molar refractivity (Wildman–Crippen MR) is 73.7 cm³/mol. The summed E-state index contributed by atoms with van der Waals surface area (Å²) in [4.78, 5) is 0.288. The number of rotatable bonds is 6. The van der Waals surface area contributed by atoms with Crippen LogP contribution in [0.1, 0.15) is 18.3 Å². The highest BCUT2D eigenvalue weighted by atomic mass is 35.5. The number of likely N-dealkylation sites (N-methyl/N-ethyl adjacent to an activating group) is 1. The minimum Gasteiger partial charge on any atom is -0.316 e. The molecule has 1 rings (SSSR count). The first-order valence-corrected chi connectivity index (χ1v) is 7.09. The Balaban J connectivity index is 0.00000289. The number of aromatic nitrogens is 2. The van der Waals surface area contributed by atoms with Gasteiger partial charge in [0.25, 0.3) is 0 Å². The van der Waals surface area contributed by atoms with Gasteiger partial charge in [0, 0.05) is 20.1 Å². The van der Waals surface area contributed by atoms with Crippen LogP contribution in [-0.2, 0) is 17.1 Å². The van der Waals surface area contributed by atoms with E-state index in [4.69, 9.17) is 0 Å². The van der Waals surface area contributed by atoms with E-state index < -0.39 is 10.0 Å². The zero-order valence-corrected chi connectivity index (χ0v) is 12.8. The summed E-state index contributed by atoms with van der Waals surface area (Å²) in [6.45, 7) is 7.25. The number of aryl methyl sites for hydroxylation is 2. The van der Waals surface area contributed by atoms with E-state index in [1.807, 2.05) is 6.92 Å². The van der Waals surface area contributed by atoms with Crippen molar-refractivity contribution in [3.8, 4) is 0 Å². The lowest BCUT2D eigenvalue weighted by atomic mass is 10.4. The molecule has 0 saturated carbocycles. The van der Waals surface area contributed by atoms with Crippen molar-refractivity contribution in [2.24, 2.45) is 7.05 Å². The van der Waals surface area contributed by atoms with Crippen LogP contribution in [0, 0.1) is 13.8 Å². The monoisotopic (exact) mass is 296 g/mol. The third-order valence-electron chi connectivity index (χ3n) is 2.56. The Morgan fingerprint density at radius 2 is 1.89 bits per heavy atom. The van der Waals surface area contributed by atoms with E-state index in [0.717, 1.165) is 6.54 Å². The molecule has 18 heavy (non-hydrogen) atoms. The molecule has 0 atom stereocenters. The third-order valence-corrected chi connectivity index (χ3v) is 4.27. The molecule has 0 spiro atoms. The number of sulfonamides is 1. The van der Waals surface area contributed by atoms with Gasteiger partial charge in [-0.05, 0) is 20.4 Å². The fourth-order valence-corrected chi connectivity index (χ4v) is 3.13. The Morgan fingerprint density at radius 1 is 1.28 bits per heavy atom.